The van der Waals surface area contributed by atoms with E-state index in [0.29, 0.717) is 44.2 Å². The van der Waals surface area contributed by atoms with Crippen molar-refractivity contribution in [3.05, 3.63) is 23.8 Å². The smallest absolute Gasteiger partial charge is 0.404 e. The number of carbonyl (C=O) groups is 2. The third-order valence-corrected chi connectivity index (χ3v) is 4.41. The number of nitrogens with one attached hydrogen (secondary N) is 1. The van der Waals surface area contributed by atoms with Gasteiger partial charge in [0.2, 0.25) is 5.91 Å². The molecule has 0 radical (unpaired) electrons. The monoisotopic (exact) mass is 307 g/mol. The molecule has 118 valence electrons. The zero-order valence-electron chi connectivity index (χ0n) is 12.1. The third kappa shape index (κ3) is 2.88. The first-order chi connectivity index (χ1) is 10.5. The second-order valence-corrected chi connectivity index (χ2v) is 5.84. The van der Waals surface area contributed by atoms with Gasteiger partial charge in [-0.05, 0) is 25.7 Å². The molecule has 2 amide bonds. The van der Waals surface area contributed by atoms with Crippen LogP contribution >= 0.6 is 0 Å². The summed E-state index contributed by atoms with van der Waals surface area (Å²) in [5, 5.41) is 11.2. The van der Waals surface area contributed by atoms with Gasteiger partial charge >= 0.3 is 6.09 Å². The van der Waals surface area contributed by atoms with Crippen molar-refractivity contribution in [2.24, 2.45) is 0 Å². The molecule has 0 aromatic carbocycles. The summed E-state index contributed by atoms with van der Waals surface area (Å²) >= 11 is 0. The van der Waals surface area contributed by atoms with E-state index in [-0.39, 0.29) is 18.0 Å². The Labute approximate surface area is 127 Å². The van der Waals surface area contributed by atoms with Gasteiger partial charge in [0.05, 0.1) is 17.6 Å². The Kier molecular flexibility index (Phi) is 3.96. The van der Waals surface area contributed by atoms with E-state index in [2.05, 4.69) is 10.3 Å². The lowest BCUT2D eigenvalue weighted by molar-refractivity contribution is -0.119. The summed E-state index contributed by atoms with van der Waals surface area (Å²) in [5.41, 5.74) is 1.33. The van der Waals surface area contributed by atoms with Crippen LogP contribution in [0, 0.1) is 5.82 Å². The SMILES string of the molecule is O=C(O)NC1CCC(N2C(=O)CCc3ncc(F)cc32)CC1. The number of amides is 2. The Hall–Kier alpha value is -2.18. The van der Waals surface area contributed by atoms with E-state index in [0.717, 1.165) is 5.69 Å². The lowest BCUT2D eigenvalue weighted by atomic mass is 9.88. The van der Waals surface area contributed by atoms with Crippen LogP contribution in [0.3, 0.4) is 0 Å². The number of carboxylic acid groups (broad SMARTS) is 1. The van der Waals surface area contributed by atoms with E-state index in [9.17, 15) is 14.0 Å². The molecular weight excluding hydrogens is 289 g/mol. The molecular formula is C15H18FN3O3. The maximum atomic E-state index is 13.5. The molecule has 0 atom stereocenters. The molecule has 2 N–H and O–H groups in total. The van der Waals surface area contributed by atoms with Crippen LogP contribution in [0.2, 0.25) is 0 Å². The molecule has 1 aromatic heterocycles. The van der Waals surface area contributed by atoms with Gasteiger partial charge < -0.3 is 15.3 Å². The molecule has 3 rings (SSSR count). The van der Waals surface area contributed by atoms with E-state index in [4.69, 9.17) is 5.11 Å². The molecule has 1 saturated carbocycles. The molecule has 0 unspecified atom stereocenters. The molecule has 0 saturated heterocycles. The summed E-state index contributed by atoms with van der Waals surface area (Å²) in [6, 6.07) is 1.29. The number of aryl methyl sites for hydroxylation is 1. The number of pyridine rings is 1. The molecule has 6 nitrogen and oxygen atoms in total. The highest BCUT2D eigenvalue weighted by molar-refractivity contribution is 5.96. The van der Waals surface area contributed by atoms with Crippen molar-refractivity contribution < 1.29 is 19.1 Å². The van der Waals surface area contributed by atoms with Crippen LogP contribution in [-0.4, -0.2) is 34.2 Å². The normalized spacial score (nSPS) is 24.8. The van der Waals surface area contributed by atoms with Crippen LogP contribution in [0.1, 0.15) is 37.8 Å². The van der Waals surface area contributed by atoms with Gasteiger partial charge in [0, 0.05) is 31.0 Å². The average Bonchev–Trinajstić information content (AvgIpc) is 2.48. The topological polar surface area (TPSA) is 82.5 Å². The number of anilines is 1. The minimum Gasteiger partial charge on any atom is -0.465 e. The van der Waals surface area contributed by atoms with E-state index in [1.165, 1.54) is 12.3 Å². The van der Waals surface area contributed by atoms with Crippen molar-refractivity contribution in [1.29, 1.82) is 0 Å². The zero-order chi connectivity index (χ0) is 15.7. The second kappa shape index (κ2) is 5.90. The predicted molar refractivity (Wildman–Crippen MR) is 77.2 cm³/mol. The van der Waals surface area contributed by atoms with Crippen LogP contribution in [0.5, 0.6) is 0 Å². The molecule has 2 aliphatic rings. The summed E-state index contributed by atoms with van der Waals surface area (Å²) in [7, 11) is 0. The van der Waals surface area contributed by atoms with E-state index in [1.807, 2.05) is 0 Å². The summed E-state index contributed by atoms with van der Waals surface area (Å²) < 4.78 is 13.5. The number of rotatable bonds is 2. The van der Waals surface area contributed by atoms with Gasteiger partial charge in [0.15, 0.2) is 0 Å². The number of fused-ring (bicyclic) bond motifs is 1. The van der Waals surface area contributed by atoms with Gasteiger partial charge in [-0.2, -0.15) is 0 Å². The molecule has 0 spiro atoms. The molecule has 1 aliphatic heterocycles. The number of hydrogen-bond donors (Lipinski definition) is 2. The number of hydrogen-bond acceptors (Lipinski definition) is 3. The molecule has 1 aliphatic carbocycles. The van der Waals surface area contributed by atoms with Crippen molar-refractivity contribution in [3.8, 4) is 0 Å². The zero-order valence-corrected chi connectivity index (χ0v) is 12.1. The number of carbonyl (C=O) groups excluding carboxylic acids is 1. The Balaban J connectivity index is 1.77. The highest BCUT2D eigenvalue weighted by atomic mass is 19.1. The number of nitrogens with zero attached hydrogens (tertiary/aromatic N) is 2. The Morgan fingerprint density at radius 2 is 2.05 bits per heavy atom. The van der Waals surface area contributed by atoms with E-state index < -0.39 is 11.9 Å². The van der Waals surface area contributed by atoms with Crippen molar-refractivity contribution in [3.63, 3.8) is 0 Å². The predicted octanol–water partition coefficient (Wildman–Crippen LogP) is 2.08. The van der Waals surface area contributed by atoms with Crippen LogP contribution in [0.4, 0.5) is 14.9 Å². The van der Waals surface area contributed by atoms with Crippen molar-refractivity contribution in [2.75, 3.05) is 4.90 Å². The fourth-order valence-corrected chi connectivity index (χ4v) is 3.39. The molecule has 22 heavy (non-hydrogen) atoms. The van der Waals surface area contributed by atoms with Gasteiger partial charge in [-0.3, -0.25) is 9.78 Å². The number of halogens is 1. The molecule has 0 bridgehead atoms. The van der Waals surface area contributed by atoms with Gasteiger partial charge in [-0.15, -0.1) is 0 Å². The lowest BCUT2D eigenvalue weighted by Gasteiger charge is -2.39. The Morgan fingerprint density at radius 3 is 2.73 bits per heavy atom. The molecule has 7 heteroatoms. The largest absolute Gasteiger partial charge is 0.465 e. The summed E-state index contributed by atoms with van der Waals surface area (Å²) in [6.07, 6.45) is 3.85. The van der Waals surface area contributed by atoms with E-state index >= 15 is 0 Å². The van der Waals surface area contributed by atoms with Gasteiger partial charge in [0.1, 0.15) is 5.82 Å². The third-order valence-electron chi connectivity index (χ3n) is 4.41. The van der Waals surface area contributed by atoms with Crippen LogP contribution in [0.25, 0.3) is 0 Å². The van der Waals surface area contributed by atoms with Gasteiger partial charge in [-0.1, -0.05) is 0 Å². The van der Waals surface area contributed by atoms with Gasteiger partial charge in [0.25, 0.3) is 0 Å². The molecule has 1 fully saturated rings. The highest BCUT2D eigenvalue weighted by Crippen LogP contribution is 2.33. The van der Waals surface area contributed by atoms with Crippen LogP contribution in [0.15, 0.2) is 12.3 Å². The molecule has 2 heterocycles. The Bertz CT molecular complexity index is 600. The fourth-order valence-electron chi connectivity index (χ4n) is 3.39. The summed E-state index contributed by atoms with van der Waals surface area (Å²) in [4.78, 5) is 28.7. The summed E-state index contributed by atoms with van der Waals surface area (Å²) in [6.45, 7) is 0. The minimum absolute atomic E-state index is 0.00505. The lowest BCUT2D eigenvalue weighted by Crippen LogP contribution is -2.48. The maximum absolute atomic E-state index is 13.5. The standard InChI is InChI=1S/C15H18FN3O3/c16-9-7-13-12(17-8-9)5-6-14(20)19(13)11-3-1-10(2-4-11)18-15(21)22/h7-8,10-11,18H,1-6H2,(H,21,22). The van der Waals surface area contributed by atoms with Gasteiger partial charge in [-0.25, -0.2) is 9.18 Å². The van der Waals surface area contributed by atoms with Crippen LogP contribution < -0.4 is 10.2 Å². The highest BCUT2D eigenvalue weighted by Gasteiger charge is 2.34. The first kappa shape index (κ1) is 14.7. The van der Waals surface area contributed by atoms with Crippen molar-refractivity contribution in [2.45, 2.75) is 50.6 Å². The summed E-state index contributed by atoms with van der Waals surface area (Å²) in [5.74, 6) is -0.450. The second-order valence-electron chi connectivity index (χ2n) is 5.84. The van der Waals surface area contributed by atoms with Crippen molar-refractivity contribution in [1.82, 2.24) is 10.3 Å². The first-order valence-electron chi connectivity index (χ1n) is 7.50. The fraction of sp³-hybridized carbons (Fsp3) is 0.533. The van der Waals surface area contributed by atoms with E-state index in [1.54, 1.807) is 4.90 Å². The first-order valence-corrected chi connectivity index (χ1v) is 7.50. The average molecular weight is 307 g/mol. The maximum Gasteiger partial charge on any atom is 0.404 e. The van der Waals surface area contributed by atoms with Crippen molar-refractivity contribution >= 4 is 17.7 Å². The number of aromatic nitrogens is 1. The molecule has 1 aromatic rings. The quantitative estimate of drug-likeness (QED) is 0.876. The Morgan fingerprint density at radius 1 is 1.32 bits per heavy atom. The minimum atomic E-state index is -1.02. The van der Waals surface area contributed by atoms with Crippen LogP contribution in [-0.2, 0) is 11.2 Å².